The van der Waals surface area contributed by atoms with Crippen molar-refractivity contribution in [2.75, 3.05) is 12.3 Å². The van der Waals surface area contributed by atoms with Gasteiger partial charge in [-0.1, -0.05) is 18.2 Å². The maximum absolute atomic E-state index is 4.07. The summed E-state index contributed by atoms with van der Waals surface area (Å²) >= 11 is 2.00. The summed E-state index contributed by atoms with van der Waals surface area (Å²) in [6, 6.07) is 9.36. The predicted molar refractivity (Wildman–Crippen MR) is 84.0 cm³/mol. The lowest BCUT2D eigenvalue weighted by Crippen LogP contribution is -2.23. The Bertz CT molecular complexity index is 524. The van der Waals surface area contributed by atoms with Crippen molar-refractivity contribution in [3.8, 4) is 0 Å². The molecule has 0 fully saturated rings. The van der Waals surface area contributed by atoms with Crippen LogP contribution in [0.25, 0.3) is 0 Å². The third-order valence-corrected chi connectivity index (χ3v) is 4.91. The van der Waals surface area contributed by atoms with Gasteiger partial charge in [0.2, 0.25) is 0 Å². The summed E-state index contributed by atoms with van der Waals surface area (Å²) in [4.78, 5) is 5.53. The third-order valence-electron chi connectivity index (χ3n) is 3.73. The molecule has 1 aromatic heterocycles. The maximum Gasteiger partial charge on any atom is 0.0945 e. The highest BCUT2D eigenvalue weighted by molar-refractivity contribution is 7.99. The average Bonchev–Trinajstić information content (AvgIpc) is 2.91. The molecule has 106 valence electrons. The highest BCUT2D eigenvalue weighted by Gasteiger charge is 2.17. The minimum absolute atomic E-state index is 0.518. The molecule has 0 amide bonds. The Morgan fingerprint density at radius 2 is 2.30 bits per heavy atom. The lowest BCUT2D eigenvalue weighted by molar-refractivity contribution is 0.472. The van der Waals surface area contributed by atoms with Gasteiger partial charge < -0.3 is 9.88 Å². The number of hydrogen-bond acceptors (Lipinski definition) is 3. The van der Waals surface area contributed by atoms with Crippen LogP contribution in [0, 0.1) is 0 Å². The van der Waals surface area contributed by atoms with E-state index in [1.807, 2.05) is 30.5 Å². The fraction of sp³-hybridized carbons (Fsp3) is 0.438. The Hall–Kier alpha value is -1.26. The van der Waals surface area contributed by atoms with Gasteiger partial charge in [0.25, 0.3) is 0 Å². The minimum Gasteiger partial charge on any atom is -0.337 e. The summed E-state index contributed by atoms with van der Waals surface area (Å²) in [6.45, 7) is 2.10. The van der Waals surface area contributed by atoms with Gasteiger partial charge in [0.1, 0.15) is 0 Å². The van der Waals surface area contributed by atoms with E-state index in [0.717, 1.165) is 19.5 Å². The van der Waals surface area contributed by atoms with Crippen molar-refractivity contribution in [2.24, 2.45) is 0 Å². The summed E-state index contributed by atoms with van der Waals surface area (Å²) in [7, 11) is 0. The molecule has 3 rings (SSSR count). The molecule has 0 spiro atoms. The van der Waals surface area contributed by atoms with Gasteiger partial charge in [-0.05, 0) is 43.2 Å². The van der Waals surface area contributed by atoms with Crippen molar-refractivity contribution in [3.63, 3.8) is 0 Å². The SMILES string of the molecule is c1ccc2c(c1)SCCC[C@@H]2NCCCn1ccnc1. The molecule has 1 atom stereocenters. The Morgan fingerprint density at radius 3 is 3.20 bits per heavy atom. The van der Waals surface area contributed by atoms with E-state index in [9.17, 15) is 0 Å². The molecule has 3 nitrogen and oxygen atoms in total. The zero-order valence-corrected chi connectivity index (χ0v) is 12.5. The molecule has 0 aliphatic carbocycles. The number of nitrogens with one attached hydrogen (secondary N) is 1. The highest BCUT2D eigenvalue weighted by Crippen LogP contribution is 2.34. The fourth-order valence-corrected chi connectivity index (χ4v) is 3.78. The van der Waals surface area contributed by atoms with Gasteiger partial charge in [-0.2, -0.15) is 0 Å². The Labute approximate surface area is 124 Å². The molecule has 0 radical (unpaired) electrons. The quantitative estimate of drug-likeness (QED) is 0.854. The summed E-state index contributed by atoms with van der Waals surface area (Å²) in [5, 5.41) is 3.73. The number of rotatable bonds is 5. The van der Waals surface area contributed by atoms with Crippen molar-refractivity contribution >= 4 is 11.8 Å². The Morgan fingerprint density at radius 1 is 1.35 bits per heavy atom. The second kappa shape index (κ2) is 6.95. The summed E-state index contributed by atoms with van der Waals surface area (Å²) < 4.78 is 2.14. The van der Waals surface area contributed by atoms with E-state index >= 15 is 0 Å². The topological polar surface area (TPSA) is 29.9 Å². The van der Waals surface area contributed by atoms with Crippen LogP contribution in [0.2, 0.25) is 0 Å². The second-order valence-corrected chi connectivity index (χ2v) is 6.33. The number of thioether (sulfide) groups is 1. The van der Waals surface area contributed by atoms with E-state index in [2.05, 4.69) is 39.1 Å². The van der Waals surface area contributed by atoms with Crippen LogP contribution in [0.4, 0.5) is 0 Å². The molecule has 0 saturated carbocycles. The number of hydrogen-bond donors (Lipinski definition) is 1. The highest BCUT2D eigenvalue weighted by atomic mass is 32.2. The van der Waals surface area contributed by atoms with Crippen molar-refractivity contribution < 1.29 is 0 Å². The molecule has 2 heterocycles. The molecule has 0 unspecified atom stereocenters. The van der Waals surface area contributed by atoms with Crippen LogP contribution < -0.4 is 5.32 Å². The number of aryl methyl sites for hydroxylation is 1. The van der Waals surface area contributed by atoms with E-state index < -0.39 is 0 Å². The van der Waals surface area contributed by atoms with Crippen molar-refractivity contribution in [2.45, 2.75) is 36.7 Å². The number of imidazole rings is 1. The lowest BCUT2D eigenvalue weighted by Gasteiger charge is -2.19. The Kier molecular flexibility index (Phi) is 4.77. The first-order valence-electron chi connectivity index (χ1n) is 7.34. The van der Waals surface area contributed by atoms with Gasteiger partial charge in [-0.3, -0.25) is 0 Å². The molecule has 0 saturated heterocycles. The molecule has 20 heavy (non-hydrogen) atoms. The molecule has 1 N–H and O–H groups in total. The van der Waals surface area contributed by atoms with Crippen LogP contribution in [0.1, 0.15) is 30.9 Å². The predicted octanol–water partition coefficient (Wildman–Crippen LogP) is 3.49. The van der Waals surface area contributed by atoms with Gasteiger partial charge in [0.15, 0.2) is 0 Å². The summed E-state index contributed by atoms with van der Waals surface area (Å²) in [5.41, 5.74) is 1.48. The molecule has 2 aromatic rings. The van der Waals surface area contributed by atoms with Crippen molar-refractivity contribution in [1.29, 1.82) is 0 Å². The number of nitrogens with zero attached hydrogens (tertiary/aromatic N) is 2. The fourth-order valence-electron chi connectivity index (χ4n) is 2.69. The molecule has 1 aliphatic rings. The zero-order chi connectivity index (χ0) is 13.6. The number of fused-ring (bicyclic) bond motifs is 1. The molecular weight excluding hydrogens is 266 g/mol. The number of aromatic nitrogens is 2. The van der Waals surface area contributed by atoms with Gasteiger partial charge >= 0.3 is 0 Å². The van der Waals surface area contributed by atoms with Crippen LogP contribution in [-0.4, -0.2) is 21.8 Å². The molecule has 1 aromatic carbocycles. The van der Waals surface area contributed by atoms with Crippen LogP contribution >= 0.6 is 11.8 Å². The van der Waals surface area contributed by atoms with E-state index in [4.69, 9.17) is 0 Å². The Balaban J connectivity index is 1.54. The summed E-state index contributed by atoms with van der Waals surface area (Å²) in [6.07, 6.45) is 9.43. The largest absolute Gasteiger partial charge is 0.337 e. The average molecular weight is 287 g/mol. The van der Waals surface area contributed by atoms with Crippen LogP contribution in [0.5, 0.6) is 0 Å². The van der Waals surface area contributed by atoms with Gasteiger partial charge in [0, 0.05) is 29.9 Å². The molecule has 1 aliphatic heterocycles. The molecule has 0 bridgehead atoms. The van der Waals surface area contributed by atoms with Gasteiger partial charge in [-0.15, -0.1) is 11.8 Å². The third kappa shape index (κ3) is 3.44. The van der Waals surface area contributed by atoms with E-state index in [-0.39, 0.29) is 0 Å². The first-order valence-corrected chi connectivity index (χ1v) is 8.33. The standard InChI is InChI=1S/C16H21N3S/c1-2-7-16-14(5-1)15(6-3-12-20-16)18-8-4-10-19-11-9-17-13-19/h1-2,5,7,9,11,13,15,18H,3-4,6,8,10,12H2/t15-/m0/s1. The second-order valence-electron chi connectivity index (χ2n) is 5.19. The van der Waals surface area contributed by atoms with Crippen LogP contribution in [0.15, 0.2) is 47.9 Å². The van der Waals surface area contributed by atoms with Crippen molar-refractivity contribution in [3.05, 3.63) is 48.5 Å². The normalized spacial score (nSPS) is 18.5. The lowest BCUT2D eigenvalue weighted by atomic mass is 10.0. The minimum atomic E-state index is 0.518. The maximum atomic E-state index is 4.07. The van der Waals surface area contributed by atoms with E-state index in [1.54, 1.807) is 0 Å². The number of benzene rings is 1. The van der Waals surface area contributed by atoms with E-state index in [1.165, 1.54) is 29.1 Å². The van der Waals surface area contributed by atoms with Crippen molar-refractivity contribution in [1.82, 2.24) is 14.9 Å². The molecular formula is C16H21N3S. The first-order chi connectivity index (χ1) is 9.93. The van der Waals surface area contributed by atoms with E-state index in [0.29, 0.717) is 6.04 Å². The van der Waals surface area contributed by atoms with Crippen LogP contribution in [0.3, 0.4) is 0 Å². The molecule has 4 heteroatoms. The smallest absolute Gasteiger partial charge is 0.0945 e. The monoisotopic (exact) mass is 287 g/mol. The van der Waals surface area contributed by atoms with Gasteiger partial charge in [-0.25, -0.2) is 4.98 Å². The first kappa shape index (κ1) is 13.7. The van der Waals surface area contributed by atoms with Gasteiger partial charge in [0.05, 0.1) is 6.33 Å². The zero-order valence-electron chi connectivity index (χ0n) is 11.7. The summed E-state index contributed by atoms with van der Waals surface area (Å²) in [5.74, 6) is 1.24. The van der Waals surface area contributed by atoms with Crippen LogP contribution in [-0.2, 0) is 6.54 Å².